The highest BCUT2D eigenvalue weighted by Crippen LogP contribution is 2.29. The van der Waals surface area contributed by atoms with E-state index >= 15 is 0 Å². The number of aromatic nitrogens is 3. The number of nitrogens with one attached hydrogen (secondary N) is 1. The molecule has 4 rings (SSSR count). The molecule has 160 valence electrons. The molecule has 1 amide bonds. The van der Waals surface area contributed by atoms with Crippen LogP contribution in [0.3, 0.4) is 0 Å². The van der Waals surface area contributed by atoms with Crippen LogP contribution in [0.2, 0.25) is 0 Å². The number of carbonyl (C=O) groups excluding carboxylic acids is 1. The standard InChI is InChI=1S/C24H18F2N4O2/c1-15-21(24(31)30-11-16-7-18(25)9-19(26)8-16)3-2-4-23(15)32-20-5-6-29-22(10-20)17-12-27-14-28-13-17/h2-10,12-14H,11H2,1H3,(H,30,31). The first-order valence-electron chi connectivity index (χ1n) is 9.71. The number of hydrogen-bond donors (Lipinski definition) is 1. The van der Waals surface area contributed by atoms with Gasteiger partial charge in [0.15, 0.2) is 0 Å². The molecule has 8 heteroatoms. The van der Waals surface area contributed by atoms with Crippen molar-refractivity contribution in [3.63, 3.8) is 0 Å². The lowest BCUT2D eigenvalue weighted by molar-refractivity contribution is 0.0950. The van der Waals surface area contributed by atoms with Crippen molar-refractivity contribution in [3.8, 4) is 22.8 Å². The van der Waals surface area contributed by atoms with Gasteiger partial charge < -0.3 is 10.1 Å². The summed E-state index contributed by atoms with van der Waals surface area (Å²) in [6, 6.07) is 11.7. The molecule has 0 radical (unpaired) electrons. The molecule has 2 aromatic heterocycles. The van der Waals surface area contributed by atoms with Crippen molar-refractivity contribution >= 4 is 5.91 Å². The lowest BCUT2D eigenvalue weighted by Gasteiger charge is -2.13. The van der Waals surface area contributed by atoms with Gasteiger partial charge >= 0.3 is 0 Å². The Kier molecular flexibility index (Phi) is 6.12. The summed E-state index contributed by atoms with van der Waals surface area (Å²) >= 11 is 0. The Morgan fingerprint density at radius 1 is 1.03 bits per heavy atom. The smallest absolute Gasteiger partial charge is 0.251 e. The molecular weight excluding hydrogens is 414 g/mol. The maximum absolute atomic E-state index is 13.4. The topological polar surface area (TPSA) is 77.0 Å². The summed E-state index contributed by atoms with van der Waals surface area (Å²) in [5.41, 5.74) is 2.74. The van der Waals surface area contributed by atoms with Gasteiger partial charge in [0.1, 0.15) is 29.5 Å². The number of halogens is 2. The normalized spacial score (nSPS) is 10.6. The first kappa shape index (κ1) is 21.0. The van der Waals surface area contributed by atoms with Crippen LogP contribution in [0.5, 0.6) is 11.5 Å². The van der Waals surface area contributed by atoms with Gasteiger partial charge in [0, 0.05) is 54.0 Å². The fraction of sp³-hybridized carbons (Fsp3) is 0.0833. The quantitative estimate of drug-likeness (QED) is 0.471. The molecule has 4 aromatic rings. The summed E-state index contributed by atoms with van der Waals surface area (Å²) in [6.07, 6.45) is 6.36. The van der Waals surface area contributed by atoms with E-state index < -0.39 is 11.6 Å². The van der Waals surface area contributed by atoms with Crippen LogP contribution < -0.4 is 10.1 Å². The zero-order chi connectivity index (χ0) is 22.5. The van der Waals surface area contributed by atoms with Crippen LogP contribution in [0.15, 0.2) is 73.4 Å². The van der Waals surface area contributed by atoms with Crippen molar-refractivity contribution in [1.82, 2.24) is 20.3 Å². The zero-order valence-corrected chi connectivity index (χ0v) is 17.0. The first-order valence-corrected chi connectivity index (χ1v) is 9.71. The molecule has 6 nitrogen and oxygen atoms in total. The second-order valence-electron chi connectivity index (χ2n) is 7.00. The molecule has 0 fully saturated rings. The van der Waals surface area contributed by atoms with Crippen LogP contribution in [0.25, 0.3) is 11.3 Å². The SMILES string of the molecule is Cc1c(Oc2ccnc(-c3cncnc3)c2)cccc1C(=O)NCc1cc(F)cc(F)c1. The third-order valence-electron chi connectivity index (χ3n) is 4.72. The Labute approximate surface area is 183 Å². The summed E-state index contributed by atoms with van der Waals surface area (Å²) in [5.74, 6) is -0.737. The number of ether oxygens (including phenoxy) is 1. The van der Waals surface area contributed by atoms with Gasteiger partial charge in [-0.05, 0) is 42.8 Å². The Balaban J connectivity index is 1.51. The molecule has 32 heavy (non-hydrogen) atoms. The van der Waals surface area contributed by atoms with Crippen molar-refractivity contribution in [2.45, 2.75) is 13.5 Å². The van der Waals surface area contributed by atoms with Gasteiger partial charge in [0.05, 0.1) is 5.69 Å². The Morgan fingerprint density at radius 2 is 1.78 bits per heavy atom. The highest BCUT2D eigenvalue weighted by atomic mass is 19.1. The number of amides is 1. The van der Waals surface area contributed by atoms with Gasteiger partial charge in [-0.1, -0.05) is 6.07 Å². The minimum Gasteiger partial charge on any atom is -0.457 e. The highest BCUT2D eigenvalue weighted by Gasteiger charge is 2.14. The molecule has 2 aromatic carbocycles. The van der Waals surface area contributed by atoms with Crippen molar-refractivity contribution in [3.05, 3.63) is 102 Å². The number of pyridine rings is 1. The minimum absolute atomic E-state index is 0.00903. The zero-order valence-electron chi connectivity index (χ0n) is 17.0. The minimum atomic E-state index is -0.695. The summed E-state index contributed by atoms with van der Waals surface area (Å²) in [4.78, 5) is 25.0. The third-order valence-corrected chi connectivity index (χ3v) is 4.72. The second kappa shape index (κ2) is 9.30. The van der Waals surface area contributed by atoms with Gasteiger partial charge in [0.25, 0.3) is 5.91 Å². The van der Waals surface area contributed by atoms with E-state index in [-0.39, 0.29) is 12.5 Å². The molecule has 0 saturated carbocycles. The van der Waals surface area contributed by atoms with E-state index in [1.807, 2.05) is 0 Å². The van der Waals surface area contributed by atoms with E-state index in [4.69, 9.17) is 4.74 Å². The van der Waals surface area contributed by atoms with Crippen molar-refractivity contribution < 1.29 is 18.3 Å². The number of carbonyl (C=O) groups is 1. The fourth-order valence-corrected chi connectivity index (χ4v) is 3.15. The monoisotopic (exact) mass is 432 g/mol. The Bertz CT molecular complexity index is 1250. The molecule has 0 bridgehead atoms. The maximum Gasteiger partial charge on any atom is 0.251 e. The second-order valence-corrected chi connectivity index (χ2v) is 7.00. The summed E-state index contributed by atoms with van der Waals surface area (Å²) in [5, 5.41) is 2.68. The van der Waals surface area contributed by atoms with Crippen LogP contribution in [-0.2, 0) is 6.54 Å². The van der Waals surface area contributed by atoms with Gasteiger partial charge in [-0.3, -0.25) is 9.78 Å². The molecule has 0 saturated heterocycles. The fourth-order valence-electron chi connectivity index (χ4n) is 3.15. The van der Waals surface area contributed by atoms with Crippen LogP contribution in [-0.4, -0.2) is 20.9 Å². The van der Waals surface area contributed by atoms with Crippen molar-refractivity contribution in [2.24, 2.45) is 0 Å². The van der Waals surface area contributed by atoms with Crippen LogP contribution in [0, 0.1) is 18.6 Å². The third kappa shape index (κ3) is 4.92. The lowest BCUT2D eigenvalue weighted by atomic mass is 10.1. The molecule has 0 atom stereocenters. The molecule has 0 aliphatic carbocycles. The van der Waals surface area contributed by atoms with E-state index in [1.165, 1.54) is 18.5 Å². The molecule has 0 unspecified atom stereocenters. The van der Waals surface area contributed by atoms with Gasteiger partial charge in [0.2, 0.25) is 0 Å². The van der Waals surface area contributed by atoms with Crippen LogP contribution in [0.1, 0.15) is 21.5 Å². The summed E-state index contributed by atoms with van der Waals surface area (Å²) in [6.45, 7) is 1.75. The van der Waals surface area contributed by atoms with Gasteiger partial charge in [-0.2, -0.15) is 0 Å². The molecule has 1 N–H and O–H groups in total. The number of hydrogen-bond acceptors (Lipinski definition) is 5. The van der Waals surface area contributed by atoms with Crippen LogP contribution in [0.4, 0.5) is 8.78 Å². The number of benzene rings is 2. The molecule has 0 aliphatic rings. The van der Waals surface area contributed by atoms with E-state index in [1.54, 1.807) is 55.8 Å². The van der Waals surface area contributed by atoms with Crippen molar-refractivity contribution in [2.75, 3.05) is 0 Å². The highest BCUT2D eigenvalue weighted by molar-refractivity contribution is 5.96. The predicted octanol–water partition coefficient (Wildman–Crippen LogP) is 4.85. The molecule has 0 spiro atoms. The van der Waals surface area contributed by atoms with Crippen LogP contribution >= 0.6 is 0 Å². The largest absolute Gasteiger partial charge is 0.457 e. The predicted molar refractivity (Wildman–Crippen MR) is 114 cm³/mol. The van der Waals surface area contributed by atoms with Gasteiger partial charge in [-0.15, -0.1) is 0 Å². The van der Waals surface area contributed by atoms with Crippen molar-refractivity contribution in [1.29, 1.82) is 0 Å². The maximum atomic E-state index is 13.4. The number of rotatable bonds is 6. The van der Waals surface area contributed by atoms with E-state index in [9.17, 15) is 13.6 Å². The summed E-state index contributed by atoms with van der Waals surface area (Å²) < 4.78 is 32.7. The summed E-state index contributed by atoms with van der Waals surface area (Å²) in [7, 11) is 0. The van der Waals surface area contributed by atoms with E-state index in [0.29, 0.717) is 33.9 Å². The molecule has 0 aliphatic heterocycles. The Hall–Kier alpha value is -4.20. The average molecular weight is 432 g/mol. The first-order chi connectivity index (χ1) is 15.5. The van der Waals surface area contributed by atoms with Gasteiger partial charge in [-0.25, -0.2) is 18.7 Å². The molecular formula is C24H18F2N4O2. The van der Waals surface area contributed by atoms with E-state index in [0.717, 1.165) is 11.6 Å². The van der Waals surface area contributed by atoms with E-state index in [2.05, 4.69) is 20.3 Å². The number of nitrogens with zero attached hydrogens (tertiary/aromatic N) is 3. The lowest BCUT2D eigenvalue weighted by Crippen LogP contribution is -2.23. The average Bonchev–Trinajstić information content (AvgIpc) is 2.79. The molecule has 2 heterocycles. The Morgan fingerprint density at radius 3 is 2.53 bits per heavy atom.